The third kappa shape index (κ3) is 5.62. The van der Waals surface area contributed by atoms with Crippen LogP contribution in [0.25, 0.3) is 0 Å². The number of amidine groups is 1. The molecule has 0 saturated heterocycles. The predicted molar refractivity (Wildman–Crippen MR) is 101 cm³/mol. The molecule has 2 aromatic rings. The van der Waals surface area contributed by atoms with Crippen molar-refractivity contribution in [2.45, 2.75) is 18.0 Å². The number of aryl methyl sites for hydroxylation is 1. The average Bonchev–Trinajstić information content (AvgIpc) is 2.59. The second-order valence-corrected chi connectivity index (χ2v) is 7.65. The SMILES string of the molecule is COc1ccc(/C(=N\c2cc([S+]([O-])CC(F)(F)F)c(C)cc2F)N(C)C)cc1. The fourth-order valence-corrected chi connectivity index (χ4v) is 3.59. The van der Waals surface area contributed by atoms with Gasteiger partial charge in [0.05, 0.1) is 7.11 Å². The first kappa shape index (κ1) is 22.0. The number of hydrogen-bond donors (Lipinski definition) is 0. The van der Waals surface area contributed by atoms with Crippen LogP contribution in [-0.4, -0.2) is 48.4 Å². The molecule has 0 heterocycles. The van der Waals surface area contributed by atoms with E-state index in [1.807, 2.05) is 0 Å². The fraction of sp³-hybridized carbons (Fsp3) is 0.316. The number of ether oxygens (including phenoxy) is 1. The third-order valence-electron chi connectivity index (χ3n) is 3.78. The second kappa shape index (κ2) is 8.83. The number of nitrogens with zero attached hydrogens (tertiary/aromatic N) is 2. The van der Waals surface area contributed by atoms with E-state index in [9.17, 15) is 22.1 Å². The lowest BCUT2D eigenvalue weighted by Crippen LogP contribution is -2.24. The number of halogens is 4. The summed E-state index contributed by atoms with van der Waals surface area (Å²) in [5.74, 6) is -1.19. The maximum Gasteiger partial charge on any atom is 0.433 e. The van der Waals surface area contributed by atoms with Gasteiger partial charge < -0.3 is 14.2 Å². The third-order valence-corrected chi connectivity index (χ3v) is 5.30. The molecule has 28 heavy (non-hydrogen) atoms. The lowest BCUT2D eigenvalue weighted by molar-refractivity contribution is -0.106. The maximum atomic E-state index is 14.4. The van der Waals surface area contributed by atoms with Gasteiger partial charge in [-0.1, -0.05) is 0 Å². The van der Waals surface area contributed by atoms with Crippen LogP contribution in [0.1, 0.15) is 11.1 Å². The molecule has 2 aromatic carbocycles. The monoisotopic (exact) mass is 416 g/mol. The Morgan fingerprint density at radius 1 is 1.18 bits per heavy atom. The predicted octanol–water partition coefficient (Wildman–Crippen LogP) is 4.45. The number of benzene rings is 2. The van der Waals surface area contributed by atoms with Crippen molar-refractivity contribution in [3.63, 3.8) is 0 Å². The topological polar surface area (TPSA) is 47.9 Å². The molecule has 0 amide bonds. The lowest BCUT2D eigenvalue weighted by Gasteiger charge is -2.18. The van der Waals surface area contributed by atoms with Gasteiger partial charge in [0, 0.05) is 31.3 Å². The zero-order valence-corrected chi connectivity index (χ0v) is 16.6. The number of hydrogen-bond acceptors (Lipinski definition) is 3. The summed E-state index contributed by atoms with van der Waals surface area (Å²) >= 11 is -2.35. The molecule has 0 aromatic heterocycles. The van der Waals surface area contributed by atoms with Crippen molar-refractivity contribution in [3.05, 3.63) is 53.3 Å². The van der Waals surface area contributed by atoms with E-state index in [4.69, 9.17) is 4.74 Å². The molecule has 0 aliphatic heterocycles. The van der Waals surface area contributed by atoms with Gasteiger partial charge in [-0.2, -0.15) is 13.2 Å². The summed E-state index contributed by atoms with van der Waals surface area (Å²) in [4.78, 5) is 5.83. The summed E-state index contributed by atoms with van der Waals surface area (Å²) in [5, 5.41) is 0. The van der Waals surface area contributed by atoms with Crippen molar-refractivity contribution in [1.82, 2.24) is 4.90 Å². The quantitative estimate of drug-likeness (QED) is 0.313. The van der Waals surface area contributed by atoms with Gasteiger partial charge in [-0.3, -0.25) is 0 Å². The van der Waals surface area contributed by atoms with Crippen molar-refractivity contribution in [1.29, 1.82) is 0 Å². The Morgan fingerprint density at radius 3 is 2.29 bits per heavy atom. The van der Waals surface area contributed by atoms with Crippen LogP contribution in [0.4, 0.5) is 23.2 Å². The molecule has 9 heteroatoms. The second-order valence-electron chi connectivity index (χ2n) is 6.23. The van der Waals surface area contributed by atoms with Crippen molar-refractivity contribution in [2.24, 2.45) is 4.99 Å². The molecule has 0 radical (unpaired) electrons. The number of alkyl halides is 3. The van der Waals surface area contributed by atoms with E-state index in [2.05, 4.69) is 4.99 Å². The average molecular weight is 416 g/mol. The van der Waals surface area contributed by atoms with E-state index in [1.54, 1.807) is 43.3 Å². The molecule has 1 atom stereocenters. The Kier molecular flexibility index (Phi) is 6.95. The summed E-state index contributed by atoms with van der Waals surface area (Å²) in [6, 6.07) is 9.04. The van der Waals surface area contributed by atoms with Gasteiger partial charge in [0.1, 0.15) is 23.1 Å². The normalized spacial score (nSPS) is 13.4. The van der Waals surface area contributed by atoms with Crippen LogP contribution in [-0.2, 0) is 11.2 Å². The van der Waals surface area contributed by atoms with E-state index < -0.39 is 28.9 Å². The minimum atomic E-state index is -4.59. The van der Waals surface area contributed by atoms with Crippen molar-refractivity contribution >= 4 is 22.7 Å². The van der Waals surface area contributed by atoms with Crippen LogP contribution in [0.3, 0.4) is 0 Å². The Hall–Kier alpha value is -2.26. The van der Waals surface area contributed by atoms with E-state index in [0.29, 0.717) is 17.1 Å². The van der Waals surface area contributed by atoms with E-state index in [1.165, 1.54) is 14.0 Å². The Balaban J connectivity index is 2.49. The first-order valence-corrected chi connectivity index (χ1v) is 9.49. The van der Waals surface area contributed by atoms with Gasteiger partial charge in [-0.05, 0) is 48.4 Å². The van der Waals surface area contributed by atoms with Crippen molar-refractivity contribution < 1.29 is 26.9 Å². The summed E-state index contributed by atoms with van der Waals surface area (Å²) in [6.45, 7) is 1.41. The number of methoxy groups -OCH3 is 1. The molecule has 2 rings (SSSR count). The van der Waals surface area contributed by atoms with Crippen molar-refractivity contribution in [3.8, 4) is 5.75 Å². The summed E-state index contributed by atoms with van der Waals surface area (Å²) < 4.78 is 69.4. The van der Waals surface area contributed by atoms with Crippen molar-refractivity contribution in [2.75, 3.05) is 27.0 Å². The van der Waals surface area contributed by atoms with E-state index >= 15 is 0 Å². The highest BCUT2D eigenvalue weighted by Gasteiger charge is 2.36. The highest BCUT2D eigenvalue weighted by Crippen LogP contribution is 2.30. The largest absolute Gasteiger partial charge is 0.611 e. The fourth-order valence-electron chi connectivity index (χ4n) is 2.48. The van der Waals surface area contributed by atoms with Gasteiger partial charge in [0.15, 0.2) is 4.90 Å². The van der Waals surface area contributed by atoms with Gasteiger partial charge in [0.25, 0.3) is 0 Å². The highest BCUT2D eigenvalue weighted by molar-refractivity contribution is 7.91. The van der Waals surface area contributed by atoms with Crippen LogP contribution in [0.5, 0.6) is 5.75 Å². The molecule has 0 N–H and O–H groups in total. The molecule has 1 unspecified atom stereocenters. The summed E-state index contributed by atoms with van der Waals surface area (Å²) in [6.07, 6.45) is -4.59. The number of aliphatic imine (C=N–C) groups is 1. The van der Waals surface area contributed by atoms with Crippen LogP contribution >= 0.6 is 0 Å². The highest BCUT2D eigenvalue weighted by atomic mass is 32.2. The molecule has 0 saturated carbocycles. The first-order chi connectivity index (χ1) is 13.0. The van der Waals surface area contributed by atoms with Crippen LogP contribution in [0, 0.1) is 12.7 Å². The Morgan fingerprint density at radius 2 is 1.79 bits per heavy atom. The minimum absolute atomic E-state index is 0.0923. The first-order valence-electron chi connectivity index (χ1n) is 8.17. The van der Waals surface area contributed by atoms with E-state index in [-0.39, 0.29) is 16.1 Å². The number of rotatable bonds is 5. The molecule has 0 spiro atoms. The molecule has 4 nitrogen and oxygen atoms in total. The van der Waals surface area contributed by atoms with Gasteiger partial charge in [-0.15, -0.1) is 0 Å². The molecule has 0 bridgehead atoms. The van der Waals surface area contributed by atoms with Crippen LogP contribution in [0.15, 0.2) is 46.3 Å². The van der Waals surface area contributed by atoms with Gasteiger partial charge in [0.2, 0.25) is 5.75 Å². The molecule has 0 aliphatic rings. The van der Waals surface area contributed by atoms with Crippen LogP contribution in [0.2, 0.25) is 0 Å². The Bertz CT molecular complexity index is 852. The molecular formula is C19H20F4N2O2S. The van der Waals surface area contributed by atoms with Gasteiger partial charge >= 0.3 is 6.18 Å². The molecular weight excluding hydrogens is 396 g/mol. The zero-order chi connectivity index (χ0) is 21.1. The maximum absolute atomic E-state index is 14.4. The molecule has 0 aliphatic carbocycles. The van der Waals surface area contributed by atoms with Crippen LogP contribution < -0.4 is 4.74 Å². The minimum Gasteiger partial charge on any atom is -0.611 e. The zero-order valence-electron chi connectivity index (χ0n) is 15.8. The Labute approximate surface area is 164 Å². The summed E-state index contributed by atoms with van der Waals surface area (Å²) in [7, 11) is 4.94. The smallest absolute Gasteiger partial charge is 0.433 e. The molecule has 0 fully saturated rings. The standard InChI is InChI=1S/C19H20F4N2O2S/c1-12-9-15(20)16(10-17(12)28(26)11-19(21,22)23)24-18(25(2)3)13-5-7-14(27-4)8-6-13/h5-10H,11H2,1-4H3/b24-18+. The lowest BCUT2D eigenvalue weighted by atomic mass is 10.1. The van der Waals surface area contributed by atoms with E-state index in [0.717, 1.165) is 12.1 Å². The van der Waals surface area contributed by atoms with Gasteiger partial charge in [-0.25, -0.2) is 9.38 Å². The molecule has 152 valence electrons. The summed E-state index contributed by atoms with van der Waals surface area (Å²) in [5.41, 5.74) is 0.647.